The van der Waals surface area contributed by atoms with Crippen LogP contribution in [0.3, 0.4) is 0 Å². The first-order chi connectivity index (χ1) is 31.0. The second-order valence-electron chi connectivity index (χ2n) is 18.8. The number of hydrogen-bond acceptors (Lipinski definition) is 12. The van der Waals surface area contributed by atoms with Crippen molar-refractivity contribution in [2.75, 3.05) is 54.0 Å². The normalized spacial score (nSPS) is 21.2. The number of fused-ring (bicyclic) bond motifs is 6. The number of benzene rings is 1. The maximum absolute atomic E-state index is 14.6. The van der Waals surface area contributed by atoms with Crippen molar-refractivity contribution in [3.05, 3.63) is 58.2 Å². The maximum Gasteiger partial charge on any atom is 0.324 e. The van der Waals surface area contributed by atoms with Gasteiger partial charge in [0.1, 0.15) is 18.1 Å². The van der Waals surface area contributed by atoms with E-state index in [9.17, 15) is 24.0 Å². The predicted molar refractivity (Wildman–Crippen MR) is 249 cm³/mol. The molecule has 0 radical (unpaired) electrons. The Balaban J connectivity index is 1.26. The minimum atomic E-state index is -1.08. The van der Waals surface area contributed by atoms with Gasteiger partial charge in [0, 0.05) is 85.8 Å². The van der Waals surface area contributed by atoms with Crippen LogP contribution < -0.4 is 16.1 Å². The molecule has 3 aliphatic rings. The number of nitrogens with zero attached hydrogens (tertiary/aromatic N) is 6. The van der Waals surface area contributed by atoms with Gasteiger partial charge in [0.2, 0.25) is 17.7 Å². The van der Waals surface area contributed by atoms with Crippen LogP contribution in [0.4, 0.5) is 0 Å². The number of aromatic nitrogens is 3. The second kappa shape index (κ2) is 20.1. The number of nitrogens with one attached hydrogen (secondary N) is 3. The van der Waals surface area contributed by atoms with Crippen LogP contribution in [0.1, 0.15) is 83.2 Å². The summed E-state index contributed by atoms with van der Waals surface area (Å²) in [6.07, 6.45) is 3.70. The molecular weight excluding hydrogens is 847 g/mol. The van der Waals surface area contributed by atoms with Crippen molar-refractivity contribution in [2.45, 2.75) is 104 Å². The minimum Gasteiger partial charge on any atom is -0.464 e. The summed E-state index contributed by atoms with van der Waals surface area (Å²) in [7, 11) is 5.00. The van der Waals surface area contributed by atoms with Gasteiger partial charge in [-0.2, -0.15) is 0 Å². The highest BCUT2D eigenvalue weighted by molar-refractivity contribution is 7.10. The summed E-state index contributed by atoms with van der Waals surface area (Å²) >= 11 is 1.41. The number of carbonyl (C=O) groups excluding carboxylic acids is 5. The van der Waals surface area contributed by atoms with Crippen LogP contribution in [0.5, 0.6) is 0 Å². The van der Waals surface area contributed by atoms with E-state index in [0.29, 0.717) is 50.3 Å². The lowest BCUT2D eigenvalue weighted by atomic mass is 9.84. The SMILES string of the molecule is CCn1c(-c2cccnc2[C@H](C)OC)c2c3cc(ccc31)-c1csc(n1)C[C@H](NC(=O)C(C(C)C)N(C)C(=O)[C@H]1CCN(C(=O)CNC)C1)C(=O)N1CCC[C@H](N1)C(=O)OCC(C)(C)C2. The molecule has 0 saturated carbocycles. The lowest BCUT2D eigenvalue weighted by Crippen LogP contribution is -2.62. The van der Waals surface area contributed by atoms with E-state index >= 15 is 0 Å². The molecule has 5 atom stereocenters. The number of thiazole rings is 1. The van der Waals surface area contributed by atoms with E-state index < -0.39 is 47.2 Å². The summed E-state index contributed by atoms with van der Waals surface area (Å²) < 4.78 is 14.2. The highest BCUT2D eigenvalue weighted by atomic mass is 32.1. The maximum atomic E-state index is 14.6. The number of hydrogen-bond donors (Lipinski definition) is 3. The van der Waals surface area contributed by atoms with Crippen LogP contribution in [-0.2, 0) is 52.8 Å². The third-order valence-electron chi connectivity index (χ3n) is 13.0. The molecule has 1 unspecified atom stereocenters. The average molecular weight is 912 g/mol. The minimum absolute atomic E-state index is 0.0773. The van der Waals surface area contributed by atoms with Gasteiger partial charge in [-0.1, -0.05) is 33.8 Å². The Bertz CT molecular complexity index is 2410. The largest absolute Gasteiger partial charge is 0.464 e. The van der Waals surface area contributed by atoms with Crippen LogP contribution in [0.2, 0.25) is 0 Å². The highest BCUT2D eigenvalue weighted by Gasteiger charge is 2.40. The van der Waals surface area contributed by atoms with Gasteiger partial charge in [-0.25, -0.2) is 10.4 Å². The molecule has 2 fully saturated rings. The lowest BCUT2D eigenvalue weighted by molar-refractivity contribution is -0.155. The summed E-state index contributed by atoms with van der Waals surface area (Å²) in [5, 5.41) is 11.0. The number of esters is 1. The molecule has 16 nitrogen and oxygen atoms in total. The fraction of sp³-hybridized carbons (Fsp3) is 0.562. The van der Waals surface area contributed by atoms with Crippen molar-refractivity contribution in [3.63, 3.8) is 0 Å². The molecule has 6 heterocycles. The molecule has 3 aromatic heterocycles. The number of rotatable bonds is 11. The standard InChI is InChI=1S/C48H65N9O7S/c1-10-56-38-16-15-30-21-33(38)34(43(56)32-13-11-18-50-41(32)29(4)63-9)23-48(5,6)27-64-47(62)35-14-12-19-57(53-35)46(61)36(22-39-51-37(30)26-65-39)52-44(59)42(28(2)3)54(8)45(60)31-17-20-55(25-31)40(58)24-49-7/h11,13,15-16,18,21,26,28-29,31,35-36,42,49,53H,10,12,14,17,19-20,22-25,27H2,1-9H3,(H,52,59)/t29-,31-,35-,36-,42?/m0/s1. The molecule has 65 heavy (non-hydrogen) atoms. The van der Waals surface area contributed by atoms with E-state index in [4.69, 9.17) is 19.4 Å². The third-order valence-corrected chi connectivity index (χ3v) is 13.9. The Hall–Kier alpha value is -5.23. The third kappa shape index (κ3) is 10.1. The van der Waals surface area contributed by atoms with E-state index in [1.165, 1.54) is 21.2 Å². The fourth-order valence-corrected chi connectivity index (χ4v) is 10.5. The number of aryl methyl sites for hydroxylation is 1. The molecule has 3 aliphatic heterocycles. The van der Waals surface area contributed by atoms with Gasteiger partial charge in [-0.15, -0.1) is 11.3 Å². The highest BCUT2D eigenvalue weighted by Crippen LogP contribution is 2.42. The predicted octanol–water partition coefficient (Wildman–Crippen LogP) is 4.75. The average Bonchev–Trinajstić information content (AvgIpc) is 4.05. The van der Waals surface area contributed by atoms with Gasteiger partial charge < -0.3 is 34.5 Å². The molecular formula is C48H65N9O7S. The summed E-state index contributed by atoms with van der Waals surface area (Å²) in [6, 6.07) is 7.64. The quantitative estimate of drug-likeness (QED) is 0.177. The Morgan fingerprint density at radius 2 is 1.91 bits per heavy atom. The molecule has 350 valence electrons. The van der Waals surface area contributed by atoms with Gasteiger partial charge in [0.05, 0.1) is 47.3 Å². The Morgan fingerprint density at radius 1 is 1.12 bits per heavy atom. The van der Waals surface area contributed by atoms with Crippen LogP contribution in [-0.4, -0.2) is 131 Å². The fourth-order valence-electron chi connectivity index (χ4n) is 9.62. The van der Waals surface area contributed by atoms with Gasteiger partial charge in [0.15, 0.2) is 0 Å². The van der Waals surface area contributed by atoms with Crippen LogP contribution in [0.15, 0.2) is 41.9 Å². The second-order valence-corrected chi connectivity index (χ2v) is 19.7. The zero-order valence-electron chi connectivity index (χ0n) is 39.2. The van der Waals surface area contributed by atoms with E-state index in [1.807, 2.05) is 32.2 Å². The lowest BCUT2D eigenvalue weighted by Gasteiger charge is -2.36. The van der Waals surface area contributed by atoms with Crippen molar-refractivity contribution in [3.8, 4) is 22.5 Å². The zero-order valence-corrected chi connectivity index (χ0v) is 40.0. The van der Waals surface area contributed by atoms with Gasteiger partial charge in [-0.05, 0) is 82.3 Å². The molecule has 0 spiro atoms. The summed E-state index contributed by atoms with van der Waals surface area (Å²) in [6.45, 7) is 14.1. The van der Waals surface area contributed by atoms with E-state index in [0.717, 1.165) is 44.7 Å². The summed E-state index contributed by atoms with van der Waals surface area (Å²) in [5.41, 5.74) is 9.27. The Morgan fingerprint density at radius 3 is 2.63 bits per heavy atom. The monoisotopic (exact) mass is 911 g/mol. The molecule has 2 saturated heterocycles. The smallest absolute Gasteiger partial charge is 0.324 e. The van der Waals surface area contributed by atoms with E-state index in [2.05, 4.69) is 65.7 Å². The molecule has 4 aromatic rings. The van der Waals surface area contributed by atoms with Gasteiger partial charge in [-0.3, -0.25) is 34.0 Å². The zero-order chi connectivity index (χ0) is 46.7. The first kappa shape index (κ1) is 47.7. The van der Waals surface area contributed by atoms with E-state index in [1.54, 1.807) is 32.3 Å². The molecule has 6 bridgehead atoms. The van der Waals surface area contributed by atoms with Crippen LogP contribution in [0.25, 0.3) is 33.4 Å². The number of carbonyl (C=O) groups is 5. The van der Waals surface area contributed by atoms with E-state index in [-0.39, 0.29) is 50.0 Å². The van der Waals surface area contributed by atoms with Crippen molar-refractivity contribution < 1.29 is 33.4 Å². The van der Waals surface area contributed by atoms with Crippen molar-refractivity contribution in [1.29, 1.82) is 0 Å². The number of ether oxygens (including phenoxy) is 2. The summed E-state index contributed by atoms with van der Waals surface area (Å²) in [4.78, 5) is 82.5. The number of likely N-dealkylation sites (N-methyl/N-ethyl adjacent to an activating group) is 2. The van der Waals surface area contributed by atoms with Crippen molar-refractivity contribution in [1.82, 2.24) is 45.4 Å². The number of cyclic esters (lactones) is 1. The van der Waals surface area contributed by atoms with Crippen molar-refractivity contribution in [2.24, 2.45) is 17.3 Å². The first-order valence-corrected chi connectivity index (χ1v) is 23.7. The van der Waals surface area contributed by atoms with Crippen LogP contribution in [0, 0.1) is 17.3 Å². The van der Waals surface area contributed by atoms with Gasteiger partial charge >= 0.3 is 5.97 Å². The molecule has 3 N–H and O–H groups in total. The number of pyridine rings is 1. The number of hydrazine groups is 1. The molecule has 17 heteroatoms. The topological polar surface area (TPSA) is 180 Å². The first-order valence-electron chi connectivity index (χ1n) is 22.9. The summed E-state index contributed by atoms with van der Waals surface area (Å²) in [5.74, 6) is -2.41. The molecule has 7 rings (SSSR count). The molecule has 4 amide bonds. The van der Waals surface area contributed by atoms with Crippen molar-refractivity contribution >= 4 is 51.8 Å². The number of amides is 4. The Labute approximate surface area is 385 Å². The van der Waals surface area contributed by atoms with Crippen LogP contribution >= 0.6 is 11.3 Å². The number of methoxy groups -OCH3 is 1. The molecule has 0 aliphatic carbocycles. The molecule has 1 aromatic carbocycles. The Kier molecular flexibility index (Phi) is 14.8. The van der Waals surface area contributed by atoms with Gasteiger partial charge in [0.25, 0.3) is 5.91 Å². The number of likely N-dealkylation sites (tertiary alicyclic amines) is 1.